The minimum Gasteiger partial charge on any atom is -0.462 e. The number of ether oxygens (including phenoxy) is 4. The first-order valence-electron chi connectivity index (χ1n) is 17.8. The largest absolute Gasteiger partial charge is 0.462 e. The van der Waals surface area contributed by atoms with Crippen molar-refractivity contribution in [3.8, 4) is 0 Å². The van der Waals surface area contributed by atoms with E-state index in [1.807, 2.05) is 0 Å². The first kappa shape index (κ1) is 41.5. The second-order valence-corrected chi connectivity index (χ2v) is 12.3. The molecule has 0 aromatic carbocycles. The molecule has 10 heteroatoms. The maximum Gasteiger partial charge on any atom is 0.306 e. The molecule has 45 heavy (non-hydrogen) atoms. The van der Waals surface area contributed by atoms with Gasteiger partial charge in [-0.2, -0.15) is 0 Å². The van der Waals surface area contributed by atoms with Crippen LogP contribution in [0.4, 0.5) is 0 Å². The van der Waals surface area contributed by atoms with Crippen LogP contribution in [-0.2, 0) is 28.5 Å². The van der Waals surface area contributed by atoms with Gasteiger partial charge in [-0.15, -0.1) is 0 Å². The van der Waals surface area contributed by atoms with Gasteiger partial charge in [0.05, 0.1) is 13.2 Å². The van der Waals surface area contributed by atoms with E-state index in [1.165, 1.54) is 44.9 Å². The van der Waals surface area contributed by atoms with Gasteiger partial charge < -0.3 is 39.4 Å². The monoisotopic (exact) mass is 644 g/mol. The van der Waals surface area contributed by atoms with Crippen molar-refractivity contribution in [2.75, 3.05) is 19.8 Å². The fraction of sp³-hybridized carbons (Fsp3) is 0.886. The standard InChI is InChI=1S/C35H64O10/c1-3-5-7-9-11-12-13-14-15-16-18-20-22-24-31(38)44-28(26-42-30(37)23-21-19-17-10-8-6-4-2)27-43-35-34(41)33(40)32(39)29(25-36)45-35/h12-13,28-29,32-36,39-41H,3-11,14-27H2,1-2H3/b13-12+/t28-,29+,32-,33?,34?,35+/m1/s1. The lowest BCUT2D eigenvalue weighted by atomic mass is 9.99. The summed E-state index contributed by atoms with van der Waals surface area (Å²) < 4.78 is 21.9. The third kappa shape index (κ3) is 20.3. The van der Waals surface area contributed by atoms with Crippen molar-refractivity contribution < 1.29 is 49.0 Å². The maximum atomic E-state index is 12.6. The maximum absolute atomic E-state index is 12.6. The quantitative estimate of drug-likeness (QED) is 0.0477. The van der Waals surface area contributed by atoms with Crippen LogP contribution in [0.1, 0.15) is 142 Å². The van der Waals surface area contributed by atoms with Crippen molar-refractivity contribution in [1.82, 2.24) is 0 Å². The number of allylic oxidation sites excluding steroid dienone is 2. The van der Waals surface area contributed by atoms with Gasteiger partial charge in [0.15, 0.2) is 12.4 Å². The highest BCUT2D eigenvalue weighted by Crippen LogP contribution is 2.22. The van der Waals surface area contributed by atoms with Gasteiger partial charge in [0.2, 0.25) is 0 Å². The normalized spacial score (nSPS) is 22.5. The SMILES string of the molecule is CCCCCC/C=C/CCCCCCCC(=O)O[C@H](COC(=O)CCCCCCCCC)CO[C@H]1O[C@@H](CO)[C@@H](O)C(O)C1O. The van der Waals surface area contributed by atoms with Crippen LogP contribution in [0.5, 0.6) is 0 Å². The lowest BCUT2D eigenvalue weighted by molar-refractivity contribution is -0.305. The van der Waals surface area contributed by atoms with Gasteiger partial charge in [-0.05, 0) is 38.5 Å². The van der Waals surface area contributed by atoms with E-state index in [0.717, 1.165) is 64.2 Å². The molecule has 0 aromatic heterocycles. The van der Waals surface area contributed by atoms with E-state index in [2.05, 4.69) is 26.0 Å². The van der Waals surface area contributed by atoms with E-state index in [0.29, 0.717) is 6.42 Å². The topological polar surface area (TPSA) is 152 Å². The molecule has 1 rings (SSSR count). The van der Waals surface area contributed by atoms with Crippen LogP contribution in [-0.4, -0.2) is 89.0 Å². The van der Waals surface area contributed by atoms with Gasteiger partial charge in [0.1, 0.15) is 31.0 Å². The van der Waals surface area contributed by atoms with Crippen molar-refractivity contribution in [3.05, 3.63) is 12.2 Å². The summed E-state index contributed by atoms with van der Waals surface area (Å²) in [5.74, 6) is -0.824. The minimum absolute atomic E-state index is 0.218. The molecule has 264 valence electrons. The Morgan fingerprint density at radius 1 is 0.667 bits per heavy atom. The molecular formula is C35H64O10. The number of rotatable bonds is 28. The molecule has 1 saturated heterocycles. The summed E-state index contributed by atoms with van der Waals surface area (Å²) in [6, 6.07) is 0. The molecule has 2 unspecified atom stereocenters. The van der Waals surface area contributed by atoms with E-state index < -0.39 is 49.4 Å². The van der Waals surface area contributed by atoms with Crippen LogP contribution >= 0.6 is 0 Å². The summed E-state index contributed by atoms with van der Waals surface area (Å²) in [7, 11) is 0. The number of carbonyl (C=O) groups excluding carboxylic acids is 2. The predicted molar refractivity (Wildman–Crippen MR) is 173 cm³/mol. The van der Waals surface area contributed by atoms with Gasteiger partial charge in [0, 0.05) is 12.8 Å². The summed E-state index contributed by atoms with van der Waals surface area (Å²) in [4.78, 5) is 24.9. The van der Waals surface area contributed by atoms with Gasteiger partial charge in [0.25, 0.3) is 0 Å². The zero-order valence-electron chi connectivity index (χ0n) is 28.1. The van der Waals surface area contributed by atoms with E-state index in [-0.39, 0.29) is 32.0 Å². The zero-order valence-corrected chi connectivity index (χ0v) is 28.1. The zero-order chi connectivity index (χ0) is 33.1. The second kappa shape index (κ2) is 27.5. The van der Waals surface area contributed by atoms with Crippen molar-refractivity contribution in [3.63, 3.8) is 0 Å². The lowest BCUT2D eigenvalue weighted by Crippen LogP contribution is -2.59. The van der Waals surface area contributed by atoms with E-state index in [9.17, 15) is 30.0 Å². The average molecular weight is 645 g/mol. The summed E-state index contributed by atoms with van der Waals surface area (Å²) in [6.45, 7) is 3.32. The smallest absolute Gasteiger partial charge is 0.306 e. The average Bonchev–Trinajstić information content (AvgIpc) is 3.03. The summed E-state index contributed by atoms with van der Waals surface area (Å²) in [5.41, 5.74) is 0. The Morgan fingerprint density at radius 3 is 1.76 bits per heavy atom. The van der Waals surface area contributed by atoms with Crippen molar-refractivity contribution in [2.45, 2.75) is 179 Å². The van der Waals surface area contributed by atoms with Crippen LogP contribution in [0.2, 0.25) is 0 Å². The minimum atomic E-state index is -1.59. The number of aliphatic hydroxyl groups excluding tert-OH is 4. The predicted octanol–water partition coefficient (Wildman–Crippen LogP) is 5.66. The Balaban J connectivity index is 2.43. The number of esters is 2. The van der Waals surface area contributed by atoms with Crippen LogP contribution in [0, 0.1) is 0 Å². The van der Waals surface area contributed by atoms with E-state index >= 15 is 0 Å². The molecular weight excluding hydrogens is 580 g/mol. The molecule has 0 saturated carbocycles. The van der Waals surface area contributed by atoms with Crippen molar-refractivity contribution >= 4 is 11.9 Å². The molecule has 0 radical (unpaired) electrons. The Morgan fingerprint density at radius 2 is 1.18 bits per heavy atom. The number of hydrogen-bond donors (Lipinski definition) is 4. The van der Waals surface area contributed by atoms with Crippen LogP contribution in [0.15, 0.2) is 12.2 Å². The molecule has 0 aromatic rings. The summed E-state index contributed by atoms with van der Waals surface area (Å²) in [6.07, 6.45) is 16.7. The molecule has 10 nitrogen and oxygen atoms in total. The Bertz CT molecular complexity index is 759. The molecule has 0 bridgehead atoms. The Hall–Kier alpha value is -1.56. The molecule has 4 N–H and O–H groups in total. The highest BCUT2D eigenvalue weighted by atomic mass is 16.7. The molecule has 6 atom stereocenters. The number of unbranched alkanes of at least 4 members (excludes halogenated alkanes) is 15. The van der Waals surface area contributed by atoms with E-state index in [4.69, 9.17) is 18.9 Å². The van der Waals surface area contributed by atoms with Crippen molar-refractivity contribution in [2.24, 2.45) is 0 Å². The number of aliphatic hydroxyl groups is 4. The van der Waals surface area contributed by atoms with Crippen LogP contribution in [0.25, 0.3) is 0 Å². The lowest BCUT2D eigenvalue weighted by Gasteiger charge is -2.39. The van der Waals surface area contributed by atoms with Gasteiger partial charge in [-0.1, -0.05) is 103 Å². The molecule has 1 heterocycles. The fourth-order valence-electron chi connectivity index (χ4n) is 5.24. The molecule has 0 amide bonds. The molecule has 1 aliphatic heterocycles. The highest BCUT2D eigenvalue weighted by Gasteiger charge is 2.44. The van der Waals surface area contributed by atoms with E-state index in [1.54, 1.807) is 0 Å². The Labute approximate surface area is 271 Å². The third-order valence-corrected chi connectivity index (χ3v) is 8.15. The Kier molecular flexibility index (Phi) is 25.4. The molecule has 1 fully saturated rings. The van der Waals surface area contributed by atoms with Crippen molar-refractivity contribution in [1.29, 1.82) is 0 Å². The van der Waals surface area contributed by atoms with Gasteiger partial charge in [-0.25, -0.2) is 0 Å². The fourth-order valence-corrected chi connectivity index (χ4v) is 5.24. The molecule has 0 spiro atoms. The van der Waals surface area contributed by atoms with Gasteiger partial charge >= 0.3 is 11.9 Å². The molecule has 1 aliphatic rings. The van der Waals surface area contributed by atoms with Crippen LogP contribution in [0.3, 0.4) is 0 Å². The number of carbonyl (C=O) groups is 2. The van der Waals surface area contributed by atoms with Gasteiger partial charge in [-0.3, -0.25) is 9.59 Å². The number of hydrogen-bond acceptors (Lipinski definition) is 10. The molecule has 0 aliphatic carbocycles. The van der Waals surface area contributed by atoms with Crippen LogP contribution < -0.4 is 0 Å². The highest BCUT2D eigenvalue weighted by molar-refractivity contribution is 5.70. The second-order valence-electron chi connectivity index (χ2n) is 12.3. The first-order valence-corrected chi connectivity index (χ1v) is 17.8. The first-order chi connectivity index (χ1) is 21.8. The summed E-state index contributed by atoms with van der Waals surface area (Å²) >= 11 is 0. The summed E-state index contributed by atoms with van der Waals surface area (Å²) in [5, 5.41) is 39.7. The third-order valence-electron chi connectivity index (χ3n) is 8.15.